The fraction of sp³-hybridized carbons (Fsp3) is 0.483. The number of carbonyl (C=O) groups is 2. The molecule has 7 heteroatoms. The number of imidazole rings is 1. The van der Waals surface area contributed by atoms with E-state index < -0.39 is 5.97 Å². The van der Waals surface area contributed by atoms with E-state index in [1.54, 1.807) is 0 Å². The summed E-state index contributed by atoms with van der Waals surface area (Å²) in [5.41, 5.74) is 3.87. The quantitative estimate of drug-likeness (QED) is 0.486. The number of amides is 1. The maximum Gasteiger partial charge on any atom is 0.305 e. The van der Waals surface area contributed by atoms with Gasteiger partial charge in [0.2, 0.25) is 5.95 Å². The Labute approximate surface area is 211 Å². The molecule has 7 nitrogen and oxygen atoms in total. The average Bonchev–Trinajstić information content (AvgIpc) is 3.19. The second-order valence-corrected chi connectivity index (χ2v) is 11.1. The minimum absolute atomic E-state index is 0.0811. The number of hydrogen-bond acceptors (Lipinski definition) is 4. The van der Waals surface area contributed by atoms with Gasteiger partial charge in [-0.3, -0.25) is 9.59 Å². The van der Waals surface area contributed by atoms with Crippen molar-refractivity contribution in [3.05, 3.63) is 59.7 Å². The molecule has 1 heterocycles. The predicted molar refractivity (Wildman–Crippen MR) is 139 cm³/mol. The molecule has 0 aliphatic heterocycles. The maximum absolute atomic E-state index is 12.4. The summed E-state index contributed by atoms with van der Waals surface area (Å²) in [7, 11) is 2.12. The highest BCUT2D eigenvalue weighted by atomic mass is 16.4. The zero-order valence-electron chi connectivity index (χ0n) is 20.8. The number of aromatic nitrogens is 2. The maximum atomic E-state index is 12.4. The molecular formula is C29H34N4O3. The van der Waals surface area contributed by atoms with E-state index in [1.165, 1.54) is 32.1 Å². The van der Waals surface area contributed by atoms with Crippen molar-refractivity contribution in [2.24, 2.45) is 30.7 Å². The van der Waals surface area contributed by atoms with Crippen molar-refractivity contribution >= 4 is 28.9 Å². The van der Waals surface area contributed by atoms with E-state index in [1.807, 2.05) is 30.3 Å². The lowest BCUT2D eigenvalue weighted by molar-refractivity contribution is -0.136. The predicted octanol–water partition coefficient (Wildman–Crippen LogP) is 4.61. The highest BCUT2D eigenvalue weighted by Gasteiger charge is 2.50. The fourth-order valence-electron chi connectivity index (χ4n) is 7.45. The Morgan fingerprint density at radius 3 is 2.31 bits per heavy atom. The molecule has 0 atom stereocenters. The lowest BCUT2D eigenvalue weighted by Gasteiger charge is -2.57. The molecule has 0 radical (unpaired) electrons. The van der Waals surface area contributed by atoms with E-state index in [-0.39, 0.29) is 18.9 Å². The van der Waals surface area contributed by atoms with Gasteiger partial charge in [-0.1, -0.05) is 24.3 Å². The topological polar surface area (TPSA) is 87.5 Å². The van der Waals surface area contributed by atoms with Gasteiger partial charge in [-0.25, -0.2) is 4.98 Å². The molecule has 188 valence electrons. The first-order valence-electron chi connectivity index (χ1n) is 13.2. The standard InChI is InChI=1S/C29H34N4O3/c1-32-25-5-3-2-4-24(25)31-29(32)33(27-22-13-19-12-20(15-22)16-23(27)14-19)17-18-6-8-21(9-7-18)28(36)30-11-10-26(34)35/h2-9,19-20,22-23,27H,10-17H2,1H3,(H,30,36)(H,34,35). The third kappa shape index (κ3) is 4.25. The molecule has 2 aromatic carbocycles. The number of nitrogens with zero attached hydrogens (tertiary/aromatic N) is 3. The summed E-state index contributed by atoms with van der Waals surface area (Å²) < 4.78 is 2.24. The van der Waals surface area contributed by atoms with Crippen LogP contribution in [-0.2, 0) is 18.4 Å². The van der Waals surface area contributed by atoms with Crippen molar-refractivity contribution in [3.63, 3.8) is 0 Å². The van der Waals surface area contributed by atoms with Crippen molar-refractivity contribution in [3.8, 4) is 0 Å². The summed E-state index contributed by atoms with van der Waals surface area (Å²) in [6, 6.07) is 16.6. The summed E-state index contributed by atoms with van der Waals surface area (Å²) >= 11 is 0. The van der Waals surface area contributed by atoms with Crippen molar-refractivity contribution in [1.82, 2.24) is 14.9 Å². The average molecular weight is 487 g/mol. The van der Waals surface area contributed by atoms with Crippen LogP contribution in [0, 0.1) is 23.7 Å². The number of carbonyl (C=O) groups excluding carboxylic acids is 1. The number of aliphatic carboxylic acids is 1. The molecule has 4 fully saturated rings. The first-order valence-corrected chi connectivity index (χ1v) is 13.2. The smallest absolute Gasteiger partial charge is 0.305 e. The third-order valence-electron chi connectivity index (χ3n) is 8.75. The number of anilines is 1. The molecule has 4 bridgehead atoms. The number of benzene rings is 2. The van der Waals surface area contributed by atoms with E-state index in [2.05, 4.69) is 40.0 Å². The number of hydrogen-bond donors (Lipinski definition) is 2. The van der Waals surface area contributed by atoms with E-state index >= 15 is 0 Å². The van der Waals surface area contributed by atoms with Crippen molar-refractivity contribution in [2.45, 2.75) is 51.1 Å². The summed E-state index contributed by atoms with van der Waals surface area (Å²) in [4.78, 5) is 30.8. The molecule has 2 N–H and O–H groups in total. The van der Waals surface area contributed by atoms with Crippen LogP contribution in [0.15, 0.2) is 48.5 Å². The van der Waals surface area contributed by atoms with Crippen LogP contribution in [0.4, 0.5) is 5.95 Å². The van der Waals surface area contributed by atoms with Gasteiger partial charge in [0.15, 0.2) is 0 Å². The lowest BCUT2D eigenvalue weighted by Crippen LogP contribution is -2.56. The summed E-state index contributed by atoms with van der Waals surface area (Å²) in [6.07, 6.45) is 6.71. The number of para-hydroxylation sites is 2. The molecule has 4 aliphatic carbocycles. The van der Waals surface area contributed by atoms with Crippen LogP contribution in [-0.4, -0.2) is 39.1 Å². The summed E-state index contributed by atoms with van der Waals surface area (Å²) in [5, 5.41) is 11.5. The highest BCUT2D eigenvalue weighted by molar-refractivity contribution is 5.94. The van der Waals surface area contributed by atoms with Gasteiger partial charge in [0.25, 0.3) is 5.91 Å². The van der Waals surface area contributed by atoms with E-state index in [0.717, 1.165) is 52.8 Å². The fourth-order valence-corrected chi connectivity index (χ4v) is 7.45. The molecular weight excluding hydrogens is 452 g/mol. The van der Waals surface area contributed by atoms with Crippen LogP contribution >= 0.6 is 0 Å². The molecule has 0 unspecified atom stereocenters. The SMILES string of the molecule is Cn1c(N(Cc2ccc(C(=O)NCCC(=O)O)cc2)C2C3CC4CC(C3)CC2C4)nc2ccccc21. The molecule has 36 heavy (non-hydrogen) atoms. The first-order chi connectivity index (χ1) is 17.5. The van der Waals surface area contributed by atoms with Crippen LogP contribution in [0.25, 0.3) is 11.0 Å². The van der Waals surface area contributed by atoms with Gasteiger partial charge in [0.1, 0.15) is 0 Å². The van der Waals surface area contributed by atoms with Crippen molar-refractivity contribution in [2.75, 3.05) is 11.4 Å². The zero-order valence-corrected chi connectivity index (χ0v) is 20.8. The second kappa shape index (κ2) is 9.26. The van der Waals surface area contributed by atoms with Crippen LogP contribution in [0.3, 0.4) is 0 Å². The van der Waals surface area contributed by atoms with Gasteiger partial charge in [0, 0.05) is 31.7 Å². The summed E-state index contributed by atoms with van der Waals surface area (Å²) in [6.45, 7) is 0.883. The zero-order chi connectivity index (χ0) is 24.8. The summed E-state index contributed by atoms with van der Waals surface area (Å²) in [5.74, 6) is 3.13. The molecule has 1 amide bonds. The minimum Gasteiger partial charge on any atom is -0.481 e. The number of aryl methyl sites for hydroxylation is 1. The Morgan fingerprint density at radius 2 is 1.67 bits per heavy atom. The molecule has 7 rings (SSSR count). The highest BCUT2D eigenvalue weighted by Crippen LogP contribution is 2.55. The number of carboxylic acid groups (broad SMARTS) is 1. The Kier molecular flexibility index (Phi) is 5.94. The molecule has 0 saturated heterocycles. The van der Waals surface area contributed by atoms with Gasteiger partial charge in [-0.15, -0.1) is 0 Å². The van der Waals surface area contributed by atoms with E-state index in [9.17, 15) is 9.59 Å². The largest absolute Gasteiger partial charge is 0.481 e. The third-order valence-corrected chi connectivity index (χ3v) is 8.75. The Hall–Kier alpha value is -3.35. The molecule has 1 aromatic heterocycles. The molecule has 4 saturated carbocycles. The molecule has 0 spiro atoms. The Bertz CT molecular complexity index is 1250. The van der Waals surface area contributed by atoms with Gasteiger partial charge < -0.3 is 19.9 Å². The number of nitrogens with one attached hydrogen (secondary N) is 1. The monoisotopic (exact) mass is 486 g/mol. The Balaban J connectivity index is 1.28. The van der Waals surface area contributed by atoms with E-state index in [4.69, 9.17) is 10.1 Å². The molecule has 3 aromatic rings. The lowest BCUT2D eigenvalue weighted by atomic mass is 9.54. The second-order valence-electron chi connectivity index (χ2n) is 11.1. The van der Waals surface area contributed by atoms with Crippen molar-refractivity contribution in [1.29, 1.82) is 0 Å². The normalized spacial score (nSPS) is 26.3. The minimum atomic E-state index is -0.919. The number of fused-ring (bicyclic) bond motifs is 1. The van der Waals surface area contributed by atoms with Crippen LogP contribution in [0.2, 0.25) is 0 Å². The van der Waals surface area contributed by atoms with E-state index in [0.29, 0.717) is 11.6 Å². The first kappa shape index (κ1) is 23.1. The number of rotatable bonds is 8. The van der Waals surface area contributed by atoms with Gasteiger partial charge in [-0.2, -0.15) is 0 Å². The van der Waals surface area contributed by atoms with Gasteiger partial charge in [-0.05, 0) is 85.6 Å². The van der Waals surface area contributed by atoms with Crippen LogP contribution in [0.1, 0.15) is 54.4 Å². The number of carboxylic acids is 1. The van der Waals surface area contributed by atoms with Gasteiger partial charge >= 0.3 is 5.97 Å². The van der Waals surface area contributed by atoms with Crippen molar-refractivity contribution < 1.29 is 14.7 Å². The van der Waals surface area contributed by atoms with Gasteiger partial charge in [0.05, 0.1) is 17.5 Å². The van der Waals surface area contributed by atoms with Crippen LogP contribution < -0.4 is 10.2 Å². The van der Waals surface area contributed by atoms with Crippen LogP contribution in [0.5, 0.6) is 0 Å². The molecule has 4 aliphatic rings. The Morgan fingerprint density at radius 1 is 1.00 bits per heavy atom.